The van der Waals surface area contributed by atoms with Crippen molar-refractivity contribution in [2.75, 3.05) is 11.9 Å². The maximum Gasteiger partial charge on any atom is 0.277 e. The molecule has 0 saturated carbocycles. The lowest BCUT2D eigenvalue weighted by atomic mass is 10.2. The van der Waals surface area contributed by atoms with Crippen molar-refractivity contribution in [1.82, 2.24) is 5.43 Å². The molecule has 0 unspecified atom stereocenters. The molecule has 0 spiro atoms. The van der Waals surface area contributed by atoms with Crippen molar-refractivity contribution in [2.45, 2.75) is 13.3 Å². The van der Waals surface area contributed by atoms with Crippen LogP contribution in [-0.4, -0.2) is 24.1 Å². The van der Waals surface area contributed by atoms with Gasteiger partial charge in [0.25, 0.3) is 5.91 Å². The molecule has 0 bridgehead atoms. The molecule has 2 rings (SSSR count). The minimum atomic E-state index is -0.510. The Morgan fingerprint density at radius 3 is 2.36 bits per heavy atom. The molecule has 0 aromatic heterocycles. The number of amides is 2. The summed E-state index contributed by atoms with van der Waals surface area (Å²) in [6.07, 6.45) is -0.0486. The van der Waals surface area contributed by atoms with Crippen LogP contribution >= 0.6 is 46.4 Å². The standard InChI is InChI=1S/C18H15Cl4N3O3/c1-10(6-17(26)23-15-8-12(20)2-4-13(15)21)24-25-18(27)9-28-16-5-3-11(19)7-14(16)22/h2-5,7-8H,6,9H2,1H3,(H,23,26)(H,25,27)/b24-10+. The number of hydrazone groups is 1. The number of halogens is 4. The maximum atomic E-state index is 12.1. The second-order valence-electron chi connectivity index (χ2n) is 5.59. The van der Waals surface area contributed by atoms with Crippen LogP contribution in [0.25, 0.3) is 0 Å². The van der Waals surface area contributed by atoms with Gasteiger partial charge in [-0.1, -0.05) is 46.4 Å². The zero-order chi connectivity index (χ0) is 20.7. The minimum absolute atomic E-state index is 0.0486. The average molecular weight is 463 g/mol. The highest BCUT2D eigenvalue weighted by atomic mass is 35.5. The van der Waals surface area contributed by atoms with Crippen molar-refractivity contribution in [3.05, 3.63) is 56.5 Å². The van der Waals surface area contributed by atoms with E-state index in [9.17, 15) is 9.59 Å². The summed E-state index contributed by atoms with van der Waals surface area (Å²) in [6.45, 7) is 1.29. The van der Waals surface area contributed by atoms with Crippen molar-refractivity contribution >= 4 is 69.6 Å². The van der Waals surface area contributed by atoms with E-state index >= 15 is 0 Å². The van der Waals surface area contributed by atoms with Gasteiger partial charge in [-0.05, 0) is 43.3 Å². The van der Waals surface area contributed by atoms with Crippen LogP contribution in [0.4, 0.5) is 5.69 Å². The first-order chi connectivity index (χ1) is 13.2. The minimum Gasteiger partial charge on any atom is -0.482 e. The molecule has 2 amide bonds. The van der Waals surface area contributed by atoms with Gasteiger partial charge >= 0.3 is 0 Å². The summed E-state index contributed by atoms with van der Waals surface area (Å²) < 4.78 is 5.29. The molecule has 0 fully saturated rings. The molecule has 0 atom stereocenters. The molecule has 0 saturated heterocycles. The zero-order valence-electron chi connectivity index (χ0n) is 14.6. The van der Waals surface area contributed by atoms with Crippen LogP contribution in [0.2, 0.25) is 20.1 Å². The Bertz CT molecular complexity index is 919. The van der Waals surface area contributed by atoms with Gasteiger partial charge in [-0.25, -0.2) is 5.43 Å². The Morgan fingerprint density at radius 2 is 1.64 bits per heavy atom. The van der Waals surface area contributed by atoms with Crippen molar-refractivity contribution in [2.24, 2.45) is 5.10 Å². The normalized spacial score (nSPS) is 11.1. The van der Waals surface area contributed by atoms with Crippen molar-refractivity contribution < 1.29 is 14.3 Å². The van der Waals surface area contributed by atoms with Crippen molar-refractivity contribution in [3.63, 3.8) is 0 Å². The number of anilines is 1. The van der Waals surface area contributed by atoms with Crippen LogP contribution in [-0.2, 0) is 9.59 Å². The van der Waals surface area contributed by atoms with E-state index < -0.39 is 5.91 Å². The second-order valence-corrected chi connectivity index (χ2v) is 7.28. The topological polar surface area (TPSA) is 79.8 Å². The highest BCUT2D eigenvalue weighted by Crippen LogP contribution is 2.27. The lowest BCUT2D eigenvalue weighted by Crippen LogP contribution is -2.26. The molecule has 2 N–H and O–H groups in total. The lowest BCUT2D eigenvalue weighted by Gasteiger charge is -2.08. The Labute approximate surface area is 181 Å². The first kappa shape index (κ1) is 22.3. The molecule has 2 aromatic carbocycles. The molecule has 0 aliphatic heterocycles. The van der Waals surface area contributed by atoms with Gasteiger partial charge in [-0.15, -0.1) is 0 Å². The lowest BCUT2D eigenvalue weighted by molar-refractivity contribution is -0.123. The van der Waals surface area contributed by atoms with Crippen LogP contribution in [0, 0.1) is 0 Å². The number of nitrogens with zero attached hydrogens (tertiary/aromatic N) is 1. The van der Waals surface area contributed by atoms with Crippen molar-refractivity contribution in [1.29, 1.82) is 0 Å². The van der Waals surface area contributed by atoms with E-state index in [1.54, 1.807) is 31.2 Å². The molecule has 10 heteroatoms. The Hall–Kier alpha value is -1.99. The van der Waals surface area contributed by atoms with E-state index in [0.29, 0.717) is 32.2 Å². The summed E-state index contributed by atoms with van der Waals surface area (Å²) >= 11 is 23.6. The number of hydrogen-bond acceptors (Lipinski definition) is 4. The summed E-state index contributed by atoms with van der Waals surface area (Å²) in [4.78, 5) is 23.9. The number of rotatable bonds is 7. The van der Waals surface area contributed by atoms with Crippen LogP contribution in [0.1, 0.15) is 13.3 Å². The highest BCUT2D eigenvalue weighted by molar-refractivity contribution is 6.36. The number of carbonyl (C=O) groups is 2. The van der Waals surface area contributed by atoms with Gasteiger partial charge in [0, 0.05) is 15.8 Å². The second kappa shape index (κ2) is 10.5. The highest BCUT2D eigenvalue weighted by Gasteiger charge is 2.09. The van der Waals surface area contributed by atoms with Crippen molar-refractivity contribution in [3.8, 4) is 5.75 Å². The summed E-state index contributed by atoms with van der Waals surface area (Å²) in [5.74, 6) is -0.549. The van der Waals surface area contributed by atoms with E-state index in [0.717, 1.165) is 0 Å². The van der Waals surface area contributed by atoms with Gasteiger partial charge in [-0.2, -0.15) is 5.10 Å². The van der Waals surface area contributed by atoms with E-state index in [-0.39, 0.29) is 24.0 Å². The third-order valence-corrected chi connectivity index (χ3v) is 4.34. The fourth-order valence-electron chi connectivity index (χ4n) is 1.99. The fourth-order valence-corrected chi connectivity index (χ4v) is 2.79. The molecule has 0 aliphatic carbocycles. The zero-order valence-corrected chi connectivity index (χ0v) is 17.6. The number of nitrogens with one attached hydrogen (secondary N) is 2. The summed E-state index contributed by atoms with van der Waals surface area (Å²) in [5.41, 5.74) is 3.08. The average Bonchev–Trinajstić information content (AvgIpc) is 2.62. The summed E-state index contributed by atoms with van der Waals surface area (Å²) in [6, 6.07) is 9.37. The van der Waals surface area contributed by atoms with Gasteiger partial charge in [0.05, 0.1) is 22.2 Å². The predicted octanol–water partition coefficient (Wildman–Crippen LogP) is 5.20. The molecule has 6 nitrogen and oxygen atoms in total. The Balaban J connectivity index is 1.81. The smallest absolute Gasteiger partial charge is 0.277 e. The molecule has 28 heavy (non-hydrogen) atoms. The number of ether oxygens (including phenoxy) is 1. The fraction of sp³-hybridized carbons (Fsp3) is 0.167. The quantitative estimate of drug-likeness (QED) is 0.438. The first-order valence-corrected chi connectivity index (χ1v) is 9.40. The summed E-state index contributed by atoms with van der Waals surface area (Å²) in [7, 11) is 0. The largest absolute Gasteiger partial charge is 0.482 e. The number of benzene rings is 2. The monoisotopic (exact) mass is 461 g/mol. The molecule has 2 aromatic rings. The van der Waals surface area contributed by atoms with Crippen LogP contribution < -0.4 is 15.5 Å². The predicted molar refractivity (Wildman–Crippen MR) is 113 cm³/mol. The van der Waals surface area contributed by atoms with Gasteiger partial charge in [0.15, 0.2) is 6.61 Å². The van der Waals surface area contributed by atoms with E-state index in [4.69, 9.17) is 51.1 Å². The van der Waals surface area contributed by atoms with E-state index in [1.165, 1.54) is 12.1 Å². The third kappa shape index (κ3) is 7.20. The molecule has 0 aliphatic rings. The molecule has 0 radical (unpaired) electrons. The molecular formula is C18H15Cl4N3O3. The molecular weight excluding hydrogens is 448 g/mol. The maximum absolute atomic E-state index is 12.1. The van der Waals surface area contributed by atoms with Gasteiger partial charge in [0.2, 0.25) is 5.91 Å². The van der Waals surface area contributed by atoms with E-state index in [2.05, 4.69) is 15.8 Å². The molecule has 0 heterocycles. The van der Waals surface area contributed by atoms with Crippen LogP contribution in [0.5, 0.6) is 5.75 Å². The van der Waals surface area contributed by atoms with Crippen LogP contribution in [0.15, 0.2) is 41.5 Å². The van der Waals surface area contributed by atoms with Gasteiger partial charge in [-0.3, -0.25) is 9.59 Å². The Kier molecular flexibility index (Phi) is 8.38. The number of carbonyl (C=O) groups excluding carboxylic acids is 2. The SMILES string of the molecule is C/C(CC(=O)Nc1cc(Cl)ccc1Cl)=N\NC(=O)COc1ccc(Cl)cc1Cl. The Morgan fingerprint density at radius 1 is 0.964 bits per heavy atom. The van der Waals surface area contributed by atoms with Crippen LogP contribution in [0.3, 0.4) is 0 Å². The van der Waals surface area contributed by atoms with Gasteiger partial charge in [0.1, 0.15) is 5.75 Å². The van der Waals surface area contributed by atoms with E-state index in [1.807, 2.05) is 0 Å². The first-order valence-electron chi connectivity index (χ1n) is 7.89. The third-order valence-electron chi connectivity index (χ3n) is 3.24. The number of hydrogen-bond donors (Lipinski definition) is 2. The molecule has 148 valence electrons. The van der Waals surface area contributed by atoms with Gasteiger partial charge < -0.3 is 10.1 Å². The summed E-state index contributed by atoms with van der Waals surface area (Å²) in [5, 5.41) is 8.03.